The topological polar surface area (TPSA) is 64.1 Å². The Balaban J connectivity index is 1.43. The fourth-order valence-electron chi connectivity index (χ4n) is 3.29. The van der Waals surface area contributed by atoms with Crippen LogP contribution in [0.15, 0.2) is 29.3 Å². The summed E-state index contributed by atoms with van der Waals surface area (Å²) in [5.41, 5.74) is 1.18. The quantitative estimate of drug-likeness (QED) is 0.452. The number of aliphatic imine (C=N–C) groups is 1. The maximum atomic E-state index is 5.88. The first-order valence-corrected chi connectivity index (χ1v) is 8.62. The van der Waals surface area contributed by atoms with Crippen LogP contribution in [0.2, 0.25) is 0 Å². The number of hydrogen-bond donors (Lipinski definition) is 2. The highest BCUT2D eigenvalue weighted by molar-refractivity contribution is 5.80. The summed E-state index contributed by atoms with van der Waals surface area (Å²) in [5, 5.41) is 6.85. The fraction of sp³-hybridized carbons (Fsp3) is 0.611. The Bertz CT molecular complexity index is 547. The van der Waals surface area contributed by atoms with Crippen molar-refractivity contribution in [1.82, 2.24) is 10.6 Å². The molecule has 3 atom stereocenters. The average molecular weight is 333 g/mol. The van der Waals surface area contributed by atoms with Gasteiger partial charge in [0.1, 0.15) is 12.4 Å². The SMILES string of the molecule is CN=C(NCc1ccc(OCCOC)cc1)NC1CC2CCC1O2. The normalized spacial score (nSPS) is 25.8. The zero-order valence-corrected chi connectivity index (χ0v) is 14.5. The van der Waals surface area contributed by atoms with Crippen LogP contribution < -0.4 is 15.4 Å². The van der Waals surface area contributed by atoms with Crippen molar-refractivity contribution in [3.63, 3.8) is 0 Å². The van der Waals surface area contributed by atoms with Crippen molar-refractivity contribution in [2.24, 2.45) is 4.99 Å². The van der Waals surface area contributed by atoms with E-state index in [1.54, 1.807) is 14.2 Å². The standard InChI is InChI=1S/C18H27N3O3/c1-19-18(21-16-11-15-7-8-17(16)24-15)20-12-13-3-5-14(6-4-13)23-10-9-22-2/h3-6,15-17H,7-12H2,1-2H3,(H2,19,20,21). The van der Waals surface area contributed by atoms with Gasteiger partial charge in [-0.25, -0.2) is 0 Å². The largest absolute Gasteiger partial charge is 0.491 e. The number of nitrogens with one attached hydrogen (secondary N) is 2. The van der Waals surface area contributed by atoms with E-state index >= 15 is 0 Å². The highest BCUT2D eigenvalue weighted by Gasteiger charge is 2.41. The minimum Gasteiger partial charge on any atom is -0.491 e. The molecule has 3 unspecified atom stereocenters. The van der Waals surface area contributed by atoms with Crippen molar-refractivity contribution in [2.75, 3.05) is 27.4 Å². The van der Waals surface area contributed by atoms with E-state index in [-0.39, 0.29) is 0 Å². The van der Waals surface area contributed by atoms with Gasteiger partial charge < -0.3 is 24.8 Å². The van der Waals surface area contributed by atoms with E-state index < -0.39 is 0 Å². The molecule has 6 nitrogen and oxygen atoms in total. The highest BCUT2D eigenvalue weighted by Crippen LogP contribution is 2.34. The van der Waals surface area contributed by atoms with Gasteiger partial charge in [-0.1, -0.05) is 12.1 Å². The van der Waals surface area contributed by atoms with Gasteiger partial charge in [-0.2, -0.15) is 0 Å². The maximum Gasteiger partial charge on any atom is 0.191 e. The van der Waals surface area contributed by atoms with Crippen molar-refractivity contribution in [1.29, 1.82) is 0 Å². The van der Waals surface area contributed by atoms with E-state index in [4.69, 9.17) is 14.2 Å². The third kappa shape index (κ3) is 4.39. The van der Waals surface area contributed by atoms with Gasteiger partial charge in [0.05, 0.1) is 24.9 Å². The van der Waals surface area contributed by atoms with Gasteiger partial charge in [-0.05, 0) is 37.0 Å². The Labute approximate surface area is 143 Å². The zero-order chi connectivity index (χ0) is 16.8. The molecule has 0 aromatic heterocycles. The van der Waals surface area contributed by atoms with Gasteiger partial charge in [0.2, 0.25) is 0 Å². The van der Waals surface area contributed by atoms with Crippen molar-refractivity contribution < 1.29 is 14.2 Å². The van der Waals surface area contributed by atoms with Crippen LogP contribution in [0.1, 0.15) is 24.8 Å². The van der Waals surface area contributed by atoms with E-state index in [2.05, 4.69) is 27.8 Å². The highest BCUT2D eigenvalue weighted by atomic mass is 16.5. The van der Waals surface area contributed by atoms with Crippen LogP contribution in [0.5, 0.6) is 5.75 Å². The van der Waals surface area contributed by atoms with E-state index in [0.29, 0.717) is 31.5 Å². The summed E-state index contributed by atoms with van der Waals surface area (Å²) in [6.07, 6.45) is 4.23. The summed E-state index contributed by atoms with van der Waals surface area (Å²) in [6, 6.07) is 8.46. The average Bonchev–Trinajstić information content (AvgIpc) is 3.23. The Morgan fingerprint density at radius 3 is 2.71 bits per heavy atom. The van der Waals surface area contributed by atoms with Gasteiger partial charge in [0.15, 0.2) is 5.96 Å². The van der Waals surface area contributed by atoms with E-state index in [1.165, 1.54) is 12.0 Å². The molecule has 2 bridgehead atoms. The lowest BCUT2D eigenvalue weighted by Crippen LogP contribution is -2.47. The van der Waals surface area contributed by atoms with E-state index in [1.807, 2.05) is 12.1 Å². The van der Waals surface area contributed by atoms with E-state index in [9.17, 15) is 0 Å². The van der Waals surface area contributed by atoms with Crippen LogP contribution in [-0.2, 0) is 16.0 Å². The number of rotatable bonds is 7. The second-order valence-corrected chi connectivity index (χ2v) is 6.27. The van der Waals surface area contributed by atoms with Crippen LogP contribution in [-0.4, -0.2) is 51.6 Å². The predicted molar refractivity (Wildman–Crippen MR) is 93.4 cm³/mol. The summed E-state index contributed by atoms with van der Waals surface area (Å²) in [7, 11) is 3.47. The Morgan fingerprint density at radius 2 is 2.08 bits per heavy atom. The number of nitrogens with zero attached hydrogens (tertiary/aromatic N) is 1. The lowest BCUT2D eigenvalue weighted by atomic mass is 9.96. The lowest BCUT2D eigenvalue weighted by Gasteiger charge is -2.22. The molecular formula is C18H27N3O3. The molecule has 3 rings (SSSR count). The van der Waals surface area contributed by atoms with Crippen molar-refractivity contribution >= 4 is 5.96 Å². The summed E-state index contributed by atoms with van der Waals surface area (Å²) in [5.74, 6) is 1.69. The molecule has 2 aliphatic heterocycles. The molecule has 0 radical (unpaired) electrons. The van der Waals surface area contributed by atoms with Gasteiger partial charge in [0.25, 0.3) is 0 Å². The van der Waals surface area contributed by atoms with Crippen LogP contribution in [0, 0.1) is 0 Å². The van der Waals surface area contributed by atoms with Gasteiger partial charge in [-0.15, -0.1) is 0 Å². The van der Waals surface area contributed by atoms with Gasteiger partial charge in [-0.3, -0.25) is 4.99 Å². The smallest absolute Gasteiger partial charge is 0.191 e. The molecule has 1 aromatic rings. The molecule has 0 spiro atoms. The molecule has 2 heterocycles. The first-order valence-electron chi connectivity index (χ1n) is 8.62. The van der Waals surface area contributed by atoms with Gasteiger partial charge >= 0.3 is 0 Å². The molecular weight excluding hydrogens is 306 g/mol. The second-order valence-electron chi connectivity index (χ2n) is 6.27. The molecule has 0 amide bonds. The van der Waals surface area contributed by atoms with Crippen LogP contribution in [0.4, 0.5) is 0 Å². The van der Waals surface area contributed by atoms with Crippen LogP contribution in [0.25, 0.3) is 0 Å². The summed E-state index contributed by atoms with van der Waals surface area (Å²) >= 11 is 0. The minimum absolute atomic E-state index is 0.345. The molecule has 24 heavy (non-hydrogen) atoms. The van der Waals surface area contributed by atoms with E-state index in [0.717, 1.165) is 31.1 Å². The minimum atomic E-state index is 0.345. The van der Waals surface area contributed by atoms with Crippen molar-refractivity contribution in [3.05, 3.63) is 29.8 Å². The van der Waals surface area contributed by atoms with Crippen molar-refractivity contribution in [2.45, 2.75) is 44.1 Å². The molecule has 0 saturated carbocycles. The molecule has 132 valence electrons. The first-order chi connectivity index (χ1) is 11.8. The molecule has 1 aromatic carbocycles. The van der Waals surface area contributed by atoms with Crippen LogP contribution >= 0.6 is 0 Å². The number of methoxy groups -OCH3 is 1. The number of benzene rings is 1. The number of hydrogen-bond acceptors (Lipinski definition) is 4. The number of guanidine groups is 1. The summed E-state index contributed by atoms with van der Waals surface area (Å²) in [4.78, 5) is 4.32. The maximum absolute atomic E-state index is 5.88. The molecule has 6 heteroatoms. The molecule has 2 aliphatic rings. The molecule has 2 N–H and O–H groups in total. The third-order valence-corrected chi connectivity index (χ3v) is 4.59. The van der Waals surface area contributed by atoms with Crippen LogP contribution in [0.3, 0.4) is 0 Å². The third-order valence-electron chi connectivity index (χ3n) is 4.59. The number of ether oxygens (including phenoxy) is 3. The molecule has 2 fully saturated rings. The Morgan fingerprint density at radius 1 is 1.25 bits per heavy atom. The fourth-order valence-corrected chi connectivity index (χ4v) is 3.29. The van der Waals surface area contributed by atoms with Gasteiger partial charge in [0, 0.05) is 20.7 Å². The monoisotopic (exact) mass is 333 g/mol. The summed E-state index contributed by atoms with van der Waals surface area (Å²) in [6.45, 7) is 1.88. The second kappa shape index (κ2) is 8.35. The molecule has 0 aliphatic carbocycles. The molecule has 2 saturated heterocycles. The summed E-state index contributed by atoms with van der Waals surface area (Å²) < 4.78 is 16.4. The lowest BCUT2D eigenvalue weighted by molar-refractivity contribution is 0.0992. The van der Waals surface area contributed by atoms with Crippen molar-refractivity contribution in [3.8, 4) is 5.75 Å². The Kier molecular flexibility index (Phi) is 5.93. The predicted octanol–water partition coefficient (Wildman–Crippen LogP) is 1.70. The number of fused-ring (bicyclic) bond motifs is 2. The first kappa shape index (κ1) is 17.0. The zero-order valence-electron chi connectivity index (χ0n) is 14.5. The Hall–Kier alpha value is -1.79.